The second-order valence-corrected chi connectivity index (χ2v) is 8.15. The lowest BCUT2D eigenvalue weighted by Crippen LogP contribution is -2.12. The van der Waals surface area contributed by atoms with E-state index in [0.29, 0.717) is 28.1 Å². The number of nitrogens with zero attached hydrogens (tertiary/aromatic N) is 2. The Morgan fingerprint density at radius 2 is 2.07 bits per heavy atom. The van der Waals surface area contributed by atoms with Crippen LogP contribution in [0.3, 0.4) is 0 Å². The zero-order valence-corrected chi connectivity index (χ0v) is 18.0. The number of ether oxygens (including phenoxy) is 2. The summed E-state index contributed by atoms with van der Waals surface area (Å²) in [7, 11) is -2.55. The number of halogens is 1. The van der Waals surface area contributed by atoms with Crippen LogP contribution >= 0.6 is 15.9 Å². The normalized spacial score (nSPS) is 11.4. The molecular formula is C17H19BrN4O6S. The molecule has 0 unspecified atom stereocenters. The Bertz CT molecular complexity index is 1040. The van der Waals surface area contributed by atoms with E-state index in [0.717, 1.165) is 18.6 Å². The van der Waals surface area contributed by atoms with Crippen molar-refractivity contribution in [1.82, 2.24) is 0 Å². The molecule has 0 aromatic heterocycles. The smallest absolute Gasteiger partial charge is 0.295 e. The van der Waals surface area contributed by atoms with E-state index < -0.39 is 20.6 Å². The molecule has 0 saturated carbocycles. The number of hydrazone groups is 1. The van der Waals surface area contributed by atoms with Crippen LogP contribution in [0, 0.1) is 10.1 Å². The molecule has 3 N–H and O–H groups in total. The van der Waals surface area contributed by atoms with Crippen molar-refractivity contribution in [2.45, 2.75) is 18.2 Å². The van der Waals surface area contributed by atoms with Crippen LogP contribution in [0.1, 0.15) is 18.9 Å². The monoisotopic (exact) mass is 486 g/mol. The molecule has 0 fully saturated rings. The maximum Gasteiger partial charge on any atom is 0.295 e. The third kappa shape index (κ3) is 5.89. The summed E-state index contributed by atoms with van der Waals surface area (Å²) < 4.78 is 34.4. The van der Waals surface area contributed by atoms with Gasteiger partial charge >= 0.3 is 0 Å². The Morgan fingerprint density at radius 1 is 1.34 bits per heavy atom. The first-order chi connectivity index (χ1) is 13.7. The van der Waals surface area contributed by atoms with Gasteiger partial charge in [0.1, 0.15) is 5.69 Å². The van der Waals surface area contributed by atoms with Gasteiger partial charge in [0.05, 0.1) is 34.2 Å². The number of hydrogen-bond donors (Lipinski definition) is 2. The van der Waals surface area contributed by atoms with Gasteiger partial charge in [-0.05, 0) is 52.2 Å². The van der Waals surface area contributed by atoms with Gasteiger partial charge in [-0.25, -0.2) is 13.6 Å². The van der Waals surface area contributed by atoms with Crippen molar-refractivity contribution in [3.8, 4) is 11.5 Å². The Balaban J connectivity index is 2.27. The molecular weight excluding hydrogens is 468 g/mol. The first-order valence-corrected chi connectivity index (χ1v) is 10.6. The van der Waals surface area contributed by atoms with E-state index in [9.17, 15) is 18.5 Å². The minimum Gasteiger partial charge on any atom is -0.493 e. The van der Waals surface area contributed by atoms with Crippen LogP contribution < -0.4 is 20.0 Å². The van der Waals surface area contributed by atoms with Crippen LogP contribution in [0.5, 0.6) is 11.5 Å². The Kier molecular flexibility index (Phi) is 7.53. The van der Waals surface area contributed by atoms with Crippen molar-refractivity contribution in [1.29, 1.82) is 0 Å². The van der Waals surface area contributed by atoms with E-state index in [2.05, 4.69) is 26.5 Å². The second-order valence-electron chi connectivity index (χ2n) is 5.73. The van der Waals surface area contributed by atoms with Gasteiger partial charge in [-0.2, -0.15) is 5.10 Å². The fraction of sp³-hybridized carbons (Fsp3) is 0.235. The maximum absolute atomic E-state index is 11.4. The Morgan fingerprint density at radius 3 is 2.66 bits per heavy atom. The van der Waals surface area contributed by atoms with Gasteiger partial charge in [0.15, 0.2) is 11.5 Å². The summed E-state index contributed by atoms with van der Waals surface area (Å²) in [6.45, 7) is 2.52. The average Bonchev–Trinajstić information content (AvgIpc) is 2.66. The molecule has 0 bridgehead atoms. The molecule has 0 atom stereocenters. The molecule has 2 aromatic rings. The summed E-state index contributed by atoms with van der Waals surface area (Å²) in [6, 6.07) is 6.68. The molecule has 0 amide bonds. The lowest BCUT2D eigenvalue weighted by molar-refractivity contribution is -0.384. The van der Waals surface area contributed by atoms with E-state index in [4.69, 9.17) is 14.6 Å². The lowest BCUT2D eigenvalue weighted by atomic mass is 10.2. The molecule has 10 nitrogen and oxygen atoms in total. The number of benzene rings is 2. The molecule has 12 heteroatoms. The van der Waals surface area contributed by atoms with Crippen molar-refractivity contribution >= 4 is 43.5 Å². The van der Waals surface area contributed by atoms with Crippen LogP contribution in [0.4, 0.5) is 11.4 Å². The summed E-state index contributed by atoms with van der Waals surface area (Å²) >= 11 is 3.42. The Labute approximate surface area is 176 Å². The topological polar surface area (TPSA) is 146 Å². The highest BCUT2D eigenvalue weighted by Gasteiger charge is 2.19. The minimum atomic E-state index is -4.06. The molecule has 29 heavy (non-hydrogen) atoms. The predicted molar refractivity (Wildman–Crippen MR) is 112 cm³/mol. The number of rotatable bonds is 9. The van der Waals surface area contributed by atoms with Gasteiger partial charge in [0.25, 0.3) is 5.69 Å². The van der Waals surface area contributed by atoms with Crippen LogP contribution in [-0.2, 0) is 10.0 Å². The first-order valence-electron chi connectivity index (χ1n) is 8.28. The number of nitro groups is 1. The van der Waals surface area contributed by atoms with Crippen LogP contribution in [0.15, 0.2) is 44.8 Å². The molecule has 0 aliphatic carbocycles. The number of nitrogens with two attached hydrogens (primary N) is 1. The lowest BCUT2D eigenvalue weighted by Gasteiger charge is -2.12. The minimum absolute atomic E-state index is 0.00702. The van der Waals surface area contributed by atoms with Crippen LogP contribution in [-0.4, -0.2) is 33.3 Å². The van der Waals surface area contributed by atoms with E-state index in [1.54, 1.807) is 12.1 Å². The summed E-state index contributed by atoms with van der Waals surface area (Å²) in [6.07, 6.45) is 2.26. The zero-order chi connectivity index (χ0) is 21.6. The van der Waals surface area contributed by atoms with E-state index in [-0.39, 0.29) is 10.6 Å². The largest absolute Gasteiger partial charge is 0.493 e. The van der Waals surface area contributed by atoms with E-state index >= 15 is 0 Å². The third-order valence-corrected chi connectivity index (χ3v) is 5.10. The number of primary sulfonamides is 1. The van der Waals surface area contributed by atoms with Crippen molar-refractivity contribution in [3.63, 3.8) is 0 Å². The molecule has 0 heterocycles. The van der Waals surface area contributed by atoms with Crippen molar-refractivity contribution in [2.75, 3.05) is 19.1 Å². The zero-order valence-electron chi connectivity index (χ0n) is 15.6. The second kappa shape index (κ2) is 9.67. The predicted octanol–water partition coefficient (Wildman–Crippen LogP) is 3.25. The average molecular weight is 487 g/mol. The van der Waals surface area contributed by atoms with Crippen molar-refractivity contribution in [3.05, 3.63) is 50.5 Å². The fourth-order valence-corrected chi connectivity index (χ4v) is 3.38. The summed E-state index contributed by atoms with van der Waals surface area (Å²) in [5, 5.41) is 20.2. The molecule has 2 aromatic carbocycles. The number of sulfonamides is 1. The first kappa shape index (κ1) is 22.6. The van der Waals surface area contributed by atoms with Crippen LogP contribution in [0.25, 0.3) is 0 Å². The molecule has 0 radical (unpaired) electrons. The molecule has 0 spiro atoms. The van der Waals surface area contributed by atoms with Gasteiger partial charge in [0, 0.05) is 6.07 Å². The molecule has 0 aliphatic heterocycles. The Hall–Kier alpha value is -2.70. The summed E-state index contributed by atoms with van der Waals surface area (Å²) in [5.41, 5.74) is 2.70. The van der Waals surface area contributed by atoms with Crippen molar-refractivity contribution in [2.24, 2.45) is 10.2 Å². The molecule has 156 valence electrons. The summed E-state index contributed by atoms with van der Waals surface area (Å²) in [5.74, 6) is 1.06. The number of nitro benzene ring substituents is 1. The molecule has 2 rings (SSSR count). The van der Waals surface area contributed by atoms with Gasteiger partial charge < -0.3 is 9.47 Å². The molecule has 0 saturated heterocycles. The van der Waals surface area contributed by atoms with Gasteiger partial charge in [0.2, 0.25) is 10.0 Å². The number of anilines is 1. The standard InChI is InChI=1S/C17H19BrN4O6S/c1-3-6-28-17-13(18)7-11(8-16(17)27-2)10-20-21-14-5-4-12(29(19,25)26)9-15(14)22(23)24/h4-5,7-10,21H,3,6H2,1-2H3,(H2,19,25,26)/b20-10+. The van der Waals surface area contributed by atoms with Crippen molar-refractivity contribution < 1.29 is 22.8 Å². The number of methoxy groups -OCH3 is 1. The highest BCUT2D eigenvalue weighted by Crippen LogP contribution is 2.36. The SMILES string of the molecule is CCCOc1c(Br)cc(/C=N/Nc2ccc(S(N)(=O)=O)cc2[N+](=O)[O-])cc1OC. The molecule has 0 aliphatic rings. The van der Waals surface area contributed by atoms with Gasteiger partial charge in [-0.15, -0.1) is 0 Å². The highest BCUT2D eigenvalue weighted by atomic mass is 79.9. The highest BCUT2D eigenvalue weighted by molar-refractivity contribution is 9.10. The fourth-order valence-electron chi connectivity index (χ4n) is 2.27. The van der Waals surface area contributed by atoms with E-state index in [1.165, 1.54) is 19.4 Å². The third-order valence-electron chi connectivity index (χ3n) is 3.60. The number of hydrogen-bond acceptors (Lipinski definition) is 8. The van der Waals surface area contributed by atoms with Gasteiger partial charge in [-0.3, -0.25) is 15.5 Å². The van der Waals surface area contributed by atoms with Crippen LogP contribution in [0.2, 0.25) is 0 Å². The number of nitrogens with one attached hydrogen (secondary N) is 1. The van der Waals surface area contributed by atoms with E-state index in [1.807, 2.05) is 6.92 Å². The van der Waals surface area contributed by atoms with Gasteiger partial charge in [-0.1, -0.05) is 6.92 Å². The maximum atomic E-state index is 11.4. The quantitative estimate of drug-likeness (QED) is 0.314. The summed E-state index contributed by atoms with van der Waals surface area (Å²) in [4.78, 5) is 10.1.